The van der Waals surface area contributed by atoms with E-state index >= 15 is 0 Å². The lowest BCUT2D eigenvalue weighted by Gasteiger charge is -2.13. The average molecular weight is 307 g/mol. The summed E-state index contributed by atoms with van der Waals surface area (Å²) in [5.74, 6) is 0. The average Bonchev–Trinajstić information content (AvgIpc) is 2.62. The number of benzene rings is 2. The fraction of sp³-hybridized carbons (Fsp3) is 0.409. The van der Waals surface area contributed by atoms with Crippen LogP contribution in [0.5, 0.6) is 0 Å². The number of unbranched alkanes of at least 4 members (excludes halogenated alkanes) is 6. The summed E-state index contributed by atoms with van der Waals surface area (Å²) in [4.78, 5) is 4.87. The third kappa shape index (κ3) is 6.40. The Balaban J connectivity index is 1.90. The maximum atomic E-state index is 4.87. The van der Waals surface area contributed by atoms with Crippen LogP contribution in [0.3, 0.4) is 0 Å². The number of hydrogen-bond donors (Lipinski definition) is 0. The highest BCUT2D eigenvalue weighted by molar-refractivity contribution is 5.58. The molecule has 1 nitrogen and oxygen atoms in total. The third-order valence-electron chi connectivity index (χ3n) is 4.17. The van der Waals surface area contributed by atoms with Gasteiger partial charge in [0.15, 0.2) is 0 Å². The van der Waals surface area contributed by atoms with Crippen molar-refractivity contribution >= 4 is 6.21 Å². The summed E-state index contributed by atoms with van der Waals surface area (Å²) < 4.78 is 0. The summed E-state index contributed by atoms with van der Waals surface area (Å²) in [5.41, 5.74) is 2.52. The van der Waals surface area contributed by atoms with Gasteiger partial charge in [-0.05, 0) is 30.2 Å². The number of hydrogen-bond acceptors (Lipinski definition) is 1. The molecule has 0 heterocycles. The molecule has 0 saturated heterocycles. The lowest BCUT2D eigenvalue weighted by atomic mass is 9.99. The van der Waals surface area contributed by atoms with Crippen molar-refractivity contribution in [2.75, 3.05) is 0 Å². The van der Waals surface area contributed by atoms with Crippen molar-refractivity contribution in [3.63, 3.8) is 0 Å². The van der Waals surface area contributed by atoms with Gasteiger partial charge in [-0.3, -0.25) is 4.99 Å². The van der Waals surface area contributed by atoms with Gasteiger partial charge in [0.1, 0.15) is 0 Å². The van der Waals surface area contributed by atoms with E-state index in [1.54, 1.807) is 0 Å². The molecule has 0 bridgehead atoms. The van der Waals surface area contributed by atoms with Crippen LogP contribution in [0.4, 0.5) is 0 Å². The maximum Gasteiger partial charge on any atom is 0.0995 e. The van der Waals surface area contributed by atoms with E-state index in [1.807, 2.05) is 0 Å². The Labute approximate surface area is 141 Å². The monoisotopic (exact) mass is 307 g/mol. The summed E-state index contributed by atoms with van der Waals surface area (Å²) in [6.45, 7) is 2.26. The second-order valence-corrected chi connectivity index (χ2v) is 6.11. The van der Waals surface area contributed by atoms with Gasteiger partial charge < -0.3 is 0 Å². The van der Waals surface area contributed by atoms with Crippen LogP contribution in [-0.4, -0.2) is 6.21 Å². The normalized spacial score (nSPS) is 11.4. The van der Waals surface area contributed by atoms with Gasteiger partial charge >= 0.3 is 0 Å². The summed E-state index contributed by atoms with van der Waals surface area (Å²) in [5, 5.41) is 0. The predicted molar refractivity (Wildman–Crippen MR) is 101 cm³/mol. The van der Waals surface area contributed by atoms with Gasteiger partial charge in [0.25, 0.3) is 0 Å². The molecule has 0 spiro atoms. The molecule has 0 aliphatic heterocycles. The predicted octanol–water partition coefficient (Wildman–Crippen LogP) is 6.60. The fourth-order valence-electron chi connectivity index (χ4n) is 2.83. The topological polar surface area (TPSA) is 12.4 Å². The molecule has 122 valence electrons. The lowest BCUT2D eigenvalue weighted by Crippen LogP contribution is -1.98. The molecule has 0 unspecified atom stereocenters. The molecule has 2 aromatic carbocycles. The van der Waals surface area contributed by atoms with Crippen molar-refractivity contribution in [2.45, 2.75) is 57.9 Å². The van der Waals surface area contributed by atoms with E-state index in [0.29, 0.717) is 0 Å². The lowest BCUT2D eigenvalue weighted by molar-refractivity contribution is 0.616. The molecule has 0 radical (unpaired) electrons. The van der Waals surface area contributed by atoms with Crippen molar-refractivity contribution in [3.8, 4) is 0 Å². The Bertz CT molecular complexity index is 505. The SMILES string of the molecule is CCCCCCCCC=NC(c1ccccc1)c1ccccc1. The zero-order valence-corrected chi connectivity index (χ0v) is 14.3. The molecule has 0 amide bonds. The molecule has 0 aliphatic carbocycles. The Kier molecular flexibility index (Phi) is 8.18. The van der Waals surface area contributed by atoms with E-state index in [1.165, 1.54) is 49.7 Å². The van der Waals surface area contributed by atoms with Crippen LogP contribution >= 0.6 is 0 Å². The zero-order valence-electron chi connectivity index (χ0n) is 14.3. The molecule has 2 aromatic rings. The highest BCUT2D eigenvalue weighted by atomic mass is 14.8. The number of nitrogens with zero attached hydrogens (tertiary/aromatic N) is 1. The molecule has 0 aromatic heterocycles. The second kappa shape index (κ2) is 10.8. The quantitative estimate of drug-likeness (QED) is 0.346. The van der Waals surface area contributed by atoms with Gasteiger partial charge in [-0.2, -0.15) is 0 Å². The van der Waals surface area contributed by atoms with Crippen LogP contribution in [0.15, 0.2) is 65.7 Å². The van der Waals surface area contributed by atoms with Crippen LogP contribution < -0.4 is 0 Å². The minimum absolute atomic E-state index is 0.123. The molecule has 0 saturated carbocycles. The molecular weight excluding hydrogens is 278 g/mol. The molecule has 0 fully saturated rings. The maximum absolute atomic E-state index is 4.87. The number of aliphatic imine (C=N–C) groups is 1. The van der Waals surface area contributed by atoms with Crippen LogP contribution in [0.25, 0.3) is 0 Å². The summed E-state index contributed by atoms with van der Waals surface area (Å²) in [7, 11) is 0. The van der Waals surface area contributed by atoms with Crippen LogP contribution in [0.1, 0.15) is 69.0 Å². The Morgan fingerprint density at radius 3 is 1.83 bits per heavy atom. The number of rotatable bonds is 10. The first-order valence-corrected chi connectivity index (χ1v) is 9.03. The molecule has 1 heteroatoms. The third-order valence-corrected chi connectivity index (χ3v) is 4.17. The van der Waals surface area contributed by atoms with Crippen LogP contribution in [0.2, 0.25) is 0 Å². The van der Waals surface area contributed by atoms with E-state index in [-0.39, 0.29) is 6.04 Å². The first-order chi connectivity index (χ1) is 11.4. The standard InChI is InChI=1S/C22H29N/c1-2-3-4-5-6-7-14-19-23-22(20-15-10-8-11-16-20)21-17-12-9-13-18-21/h8-13,15-19,22H,2-7,14H2,1H3. The molecule has 2 rings (SSSR count). The van der Waals surface area contributed by atoms with Crippen molar-refractivity contribution < 1.29 is 0 Å². The smallest absolute Gasteiger partial charge is 0.0995 e. The minimum atomic E-state index is 0.123. The first-order valence-electron chi connectivity index (χ1n) is 9.03. The molecular formula is C22H29N. The largest absolute Gasteiger partial charge is 0.285 e. The van der Waals surface area contributed by atoms with Crippen molar-refractivity contribution in [1.82, 2.24) is 0 Å². The van der Waals surface area contributed by atoms with E-state index in [4.69, 9.17) is 4.99 Å². The minimum Gasteiger partial charge on any atom is -0.285 e. The Morgan fingerprint density at radius 2 is 1.26 bits per heavy atom. The Hall–Kier alpha value is -1.89. The highest BCUT2D eigenvalue weighted by Crippen LogP contribution is 2.25. The van der Waals surface area contributed by atoms with E-state index in [2.05, 4.69) is 73.8 Å². The molecule has 23 heavy (non-hydrogen) atoms. The van der Waals surface area contributed by atoms with Crippen molar-refractivity contribution in [2.24, 2.45) is 4.99 Å². The highest BCUT2D eigenvalue weighted by Gasteiger charge is 2.10. The van der Waals surface area contributed by atoms with E-state index in [0.717, 1.165) is 6.42 Å². The second-order valence-electron chi connectivity index (χ2n) is 6.11. The van der Waals surface area contributed by atoms with Crippen LogP contribution in [0, 0.1) is 0 Å². The van der Waals surface area contributed by atoms with Gasteiger partial charge in [-0.1, -0.05) is 99.7 Å². The Morgan fingerprint density at radius 1 is 0.739 bits per heavy atom. The summed E-state index contributed by atoms with van der Waals surface area (Å²) in [6, 6.07) is 21.3. The van der Waals surface area contributed by atoms with E-state index < -0.39 is 0 Å². The van der Waals surface area contributed by atoms with Gasteiger partial charge in [-0.15, -0.1) is 0 Å². The van der Waals surface area contributed by atoms with Gasteiger partial charge in [-0.25, -0.2) is 0 Å². The molecule has 0 atom stereocenters. The first kappa shape index (κ1) is 17.5. The molecule has 0 aliphatic rings. The summed E-state index contributed by atoms with van der Waals surface area (Å²) in [6.07, 6.45) is 11.2. The molecule has 0 N–H and O–H groups in total. The van der Waals surface area contributed by atoms with Crippen molar-refractivity contribution in [1.29, 1.82) is 0 Å². The van der Waals surface area contributed by atoms with Crippen LogP contribution in [-0.2, 0) is 0 Å². The zero-order chi connectivity index (χ0) is 16.2. The van der Waals surface area contributed by atoms with Gasteiger partial charge in [0.05, 0.1) is 6.04 Å². The van der Waals surface area contributed by atoms with Gasteiger partial charge in [0, 0.05) is 0 Å². The van der Waals surface area contributed by atoms with Gasteiger partial charge in [0.2, 0.25) is 0 Å². The van der Waals surface area contributed by atoms with E-state index in [9.17, 15) is 0 Å². The van der Waals surface area contributed by atoms with Crippen molar-refractivity contribution in [3.05, 3.63) is 71.8 Å². The summed E-state index contributed by atoms with van der Waals surface area (Å²) >= 11 is 0. The fourth-order valence-corrected chi connectivity index (χ4v) is 2.83.